The summed E-state index contributed by atoms with van der Waals surface area (Å²) in [7, 11) is 6.38. The van der Waals surface area contributed by atoms with Crippen molar-refractivity contribution < 1.29 is 18.9 Å². The molecule has 1 saturated heterocycles. The second-order valence-corrected chi connectivity index (χ2v) is 3.30. The van der Waals surface area contributed by atoms with Gasteiger partial charge in [-0.1, -0.05) is 0 Å². The van der Waals surface area contributed by atoms with Gasteiger partial charge in [-0.15, -0.1) is 0 Å². The van der Waals surface area contributed by atoms with Crippen LogP contribution in [0.4, 0.5) is 0 Å². The summed E-state index contributed by atoms with van der Waals surface area (Å²) in [6.45, 7) is 0. The lowest BCUT2D eigenvalue weighted by molar-refractivity contribution is -0.341. The normalized spacial score (nSPS) is 24.9. The molecule has 0 amide bonds. The zero-order chi connectivity index (χ0) is 10.7. The van der Waals surface area contributed by atoms with E-state index in [-0.39, 0.29) is 0 Å². The van der Waals surface area contributed by atoms with Crippen molar-refractivity contribution >= 4 is 0 Å². The standard InChI is InChI=1S/C9H19NO4/c1-11-8(12-2)6-5-7-9(10-8,13-3)14-4/h10H,5-7H2,1-4H3. The lowest BCUT2D eigenvalue weighted by atomic mass is 10.1. The summed E-state index contributed by atoms with van der Waals surface area (Å²) in [5.41, 5.74) is 0. The highest BCUT2D eigenvalue weighted by Crippen LogP contribution is 2.30. The third-order valence-corrected chi connectivity index (χ3v) is 2.71. The van der Waals surface area contributed by atoms with E-state index in [1.807, 2.05) is 0 Å². The lowest BCUT2D eigenvalue weighted by Crippen LogP contribution is -2.64. The molecule has 5 heteroatoms. The van der Waals surface area contributed by atoms with E-state index < -0.39 is 11.8 Å². The van der Waals surface area contributed by atoms with Crippen LogP contribution in [0.25, 0.3) is 0 Å². The molecule has 1 rings (SSSR count). The largest absolute Gasteiger partial charge is 0.341 e. The summed E-state index contributed by atoms with van der Waals surface area (Å²) < 4.78 is 21.2. The van der Waals surface area contributed by atoms with Crippen LogP contribution in [0.2, 0.25) is 0 Å². The molecule has 0 bridgehead atoms. The average molecular weight is 205 g/mol. The van der Waals surface area contributed by atoms with Gasteiger partial charge < -0.3 is 18.9 Å². The van der Waals surface area contributed by atoms with Crippen molar-refractivity contribution in [2.24, 2.45) is 0 Å². The van der Waals surface area contributed by atoms with Gasteiger partial charge in [-0.2, -0.15) is 0 Å². The van der Waals surface area contributed by atoms with Crippen molar-refractivity contribution in [3.8, 4) is 0 Å². The van der Waals surface area contributed by atoms with Gasteiger partial charge in [0.25, 0.3) is 0 Å². The number of piperidine rings is 1. The van der Waals surface area contributed by atoms with Crippen LogP contribution in [-0.2, 0) is 18.9 Å². The van der Waals surface area contributed by atoms with Crippen LogP contribution >= 0.6 is 0 Å². The maximum Gasteiger partial charge on any atom is 0.230 e. The van der Waals surface area contributed by atoms with E-state index >= 15 is 0 Å². The van der Waals surface area contributed by atoms with Gasteiger partial charge in [0, 0.05) is 41.3 Å². The lowest BCUT2D eigenvalue weighted by Gasteiger charge is -2.45. The highest BCUT2D eigenvalue weighted by molar-refractivity contribution is 4.81. The summed E-state index contributed by atoms with van der Waals surface area (Å²) in [6.07, 6.45) is 2.46. The molecule has 0 spiro atoms. The fourth-order valence-electron chi connectivity index (χ4n) is 1.75. The molecule has 0 unspecified atom stereocenters. The second-order valence-electron chi connectivity index (χ2n) is 3.30. The van der Waals surface area contributed by atoms with Crippen molar-refractivity contribution in [1.82, 2.24) is 5.32 Å². The average Bonchev–Trinajstić information content (AvgIpc) is 2.29. The Kier molecular flexibility index (Phi) is 3.86. The Hall–Kier alpha value is -0.200. The van der Waals surface area contributed by atoms with Crippen LogP contribution in [0.3, 0.4) is 0 Å². The van der Waals surface area contributed by atoms with Crippen LogP contribution in [0.5, 0.6) is 0 Å². The number of nitrogens with one attached hydrogen (secondary N) is 1. The Labute approximate surface area is 84.7 Å². The van der Waals surface area contributed by atoms with E-state index in [2.05, 4.69) is 5.32 Å². The molecule has 0 radical (unpaired) electrons. The molecular weight excluding hydrogens is 186 g/mol. The zero-order valence-electron chi connectivity index (χ0n) is 9.25. The highest BCUT2D eigenvalue weighted by Gasteiger charge is 2.45. The molecule has 0 aromatic heterocycles. The van der Waals surface area contributed by atoms with Crippen LogP contribution in [0.15, 0.2) is 0 Å². The fourth-order valence-corrected chi connectivity index (χ4v) is 1.75. The van der Waals surface area contributed by atoms with E-state index in [1.54, 1.807) is 28.4 Å². The molecule has 1 N–H and O–H groups in total. The molecule has 0 saturated carbocycles. The van der Waals surface area contributed by atoms with Gasteiger partial charge >= 0.3 is 0 Å². The predicted octanol–water partition coefficient (Wildman–Crippen LogP) is 0.653. The molecule has 0 aliphatic carbocycles. The summed E-state index contributed by atoms with van der Waals surface area (Å²) in [5.74, 6) is -1.60. The van der Waals surface area contributed by atoms with Gasteiger partial charge in [0.1, 0.15) is 0 Å². The molecule has 0 aromatic rings. The second kappa shape index (κ2) is 4.55. The summed E-state index contributed by atoms with van der Waals surface area (Å²) in [4.78, 5) is 0. The zero-order valence-corrected chi connectivity index (χ0v) is 9.25. The molecule has 1 aliphatic heterocycles. The minimum atomic E-state index is -0.801. The fraction of sp³-hybridized carbons (Fsp3) is 1.00. The number of rotatable bonds is 4. The van der Waals surface area contributed by atoms with E-state index in [9.17, 15) is 0 Å². The van der Waals surface area contributed by atoms with Gasteiger partial charge in [0.05, 0.1) is 0 Å². The maximum absolute atomic E-state index is 5.29. The third kappa shape index (κ3) is 2.07. The summed E-state index contributed by atoms with van der Waals surface area (Å²) >= 11 is 0. The van der Waals surface area contributed by atoms with Crippen molar-refractivity contribution in [1.29, 1.82) is 0 Å². The first-order valence-electron chi connectivity index (χ1n) is 4.66. The van der Waals surface area contributed by atoms with E-state index in [0.717, 1.165) is 19.3 Å². The Balaban J connectivity index is 2.75. The van der Waals surface area contributed by atoms with Crippen molar-refractivity contribution in [3.63, 3.8) is 0 Å². The maximum atomic E-state index is 5.29. The number of methoxy groups -OCH3 is 4. The molecular formula is C9H19NO4. The highest BCUT2D eigenvalue weighted by atomic mass is 16.7. The Bertz CT molecular complexity index is 160. The quantitative estimate of drug-likeness (QED) is 0.683. The third-order valence-electron chi connectivity index (χ3n) is 2.71. The first-order valence-corrected chi connectivity index (χ1v) is 4.66. The molecule has 1 heterocycles. The molecule has 5 nitrogen and oxygen atoms in total. The van der Waals surface area contributed by atoms with Crippen LogP contribution < -0.4 is 5.32 Å². The predicted molar refractivity (Wildman–Crippen MR) is 50.5 cm³/mol. The van der Waals surface area contributed by atoms with E-state index in [1.165, 1.54) is 0 Å². The SMILES string of the molecule is COC1(OC)CCCC(OC)(OC)N1. The van der Waals surface area contributed by atoms with Gasteiger partial charge in [-0.05, 0) is 6.42 Å². The van der Waals surface area contributed by atoms with E-state index in [0.29, 0.717) is 0 Å². The van der Waals surface area contributed by atoms with Gasteiger partial charge in [0.2, 0.25) is 11.8 Å². The van der Waals surface area contributed by atoms with Crippen LogP contribution in [-0.4, -0.2) is 40.3 Å². The van der Waals surface area contributed by atoms with Gasteiger partial charge in [-0.3, -0.25) is 0 Å². The molecule has 1 fully saturated rings. The molecule has 0 aromatic carbocycles. The first kappa shape index (κ1) is 11.9. The summed E-state index contributed by atoms with van der Waals surface area (Å²) in [6, 6.07) is 0. The Morgan fingerprint density at radius 3 is 1.43 bits per heavy atom. The number of ether oxygens (including phenoxy) is 4. The molecule has 1 aliphatic rings. The van der Waals surface area contributed by atoms with E-state index in [4.69, 9.17) is 18.9 Å². The minimum Gasteiger partial charge on any atom is -0.341 e. The Morgan fingerprint density at radius 1 is 0.786 bits per heavy atom. The number of hydrogen-bond donors (Lipinski definition) is 1. The molecule has 14 heavy (non-hydrogen) atoms. The summed E-state index contributed by atoms with van der Waals surface area (Å²) in [5, 5.41) is 3.09. The topological polar surface area (TPSA) is 49.0 Å². The van der Waals surface area contributed by atoms with Crippen molar-refractivity contribution in [2.75, 3.05) is 28.4 Å². The smallest absolute Gasteiger partial charge is 0.230 e. The van der Waals surface area contributed by atoms with Gasteiger partial charge in [0.15, 0.2) is 0 Å². The molecule has 0 atom stereocenters. The molecule has 84 valence electrons. The van der Waals surface area contributed by atoms with Crippen LogP contribution in [0.1, 0.15) is 19.3 Å². The van der Waals surface area contributed by atoms with Crippen LogP contribution in [0, 0.1) is 0 Å². The monoisotopic (exact) mass is 205 g/mol. The minimum absolute atomic E-state index is 0.772. The van der Waals surface area contributed by atoms with Crippen molar-refractivity contribution in [3.05, 3.63) is 0 Å². The van der Waals surface area contributed by atoms with Gasteiger partial charge in [-0.25, -0.2) is 5.32 Å². The first-order chi connectivity index (χ1) is 6.66. The number of hydrogen-bond acceptors (Lipinski definition) is 5. The Morgan fingerprint density at radius 2 is 1.14 bits per heavy atom. The van der Waals surface area contributed by atoms with Crippen molar-refractivity contribution in [2.45, 2.75) is 31.1 Å².